The maximum absolute atomic E-state index is 12.7. The first kappa shape index (κ1) is 19.9. The predicted molar refractivity (Wildman–Crippen MR) is 108 cm³/mol. The number of anilines is 1. The van der Waals surface area contributed by atoms with Crippen molar-refractivity contribution in [3.05, 3.63) is 42.0 Å². The zero-order valence-electron chi connectivity index (χ0n) is 16.8. The Hall–Kier alpha value is -2.83. The largest absolute Gasteiger partial charge is 0.494 e. The van der Waals surface area contributed by atoms with Crippen LogP contribution in [0.15, 0.2) is 36.4 Å². The number of ether oxygens (including phenoxy) is 2. The van der Waals surface area contributed by atoms with Gasteiger partial charge in [0.1, 0.15) is 11.9 Å². The molecule has 150 valence electrons. The molecule has 0 N–H and O–H groups in total. The molecule has 1 aliphatic heterocycles. The maximum Gasteiger partial charge on any atom is 0.233 e. The van der Waals surface area contributed by atoms with E-state index in [4.69, 9.17) is 9.47 Å². The molecule has 2 heterocycles. The number of piperidine rings is 1. The number of carbonyl (C=O) groups is 1. The lowest BCUT2D eigenvalue weighted by Crippen LogP contribution is -2.45. The van der Waals surface area contributed by atoms with Crippen LogP contribution < -0.4 is 14.4 Å². The summed E-state index contributed by atoms with van der Waals surface area (Å²) in [5.41, 5.74) is 0.988. The molecule has 1 saturated heterocycles. The van der Waals surface area contributed by atoms with Crippen LogP contribution in [0.4, 0.5) is 5.82 Å². The number of carbonyl (C=O) groups excluding carboxylic acids is 1. The molecule has 0 aliphatic carbocycles. The highest BCUT2D eigenvalue weighted by molar-refractivity contribution is 5.79. The SMILES string of the molecule is CCOc1ccc(CC(=O)N2CCCC(Oc3ccc(N(C)C)nn3)C2)cc1. The van der Waals surface area contributed by atoms with Gasteiger partial charge in [-0.05, 0) is 43.5 Å². The molecular formula is C21H28N4O3. The summed E-state index contributed by atoms with van der Waals surface area (Å²) >= 11 is 0. The van der Waals surface area contributed by atoms with Gasteiger partial charge in [0.2, 0.25) is 11.8 Å². The average Bonchev–Trinajstić information content (AvgIpc) is 2.70. The van der Waals surface area contributed by atoms with Gasteiger partial charge in [-0.15, -0.1) is 10.2 Å². The molecule has 28 heavy (non-hydrogen) atoms. The fraction of sp³-hybridized carbons (Fsp3) is 0.476. The summed E-state index contributed by atoms with van der Waals surface area (Å²) in [6.07, 6.45) is 2.15. The van der Waals surface area contributed by atoms with Crippen molar-refractivity contribution in [3.8, 4) is 11.6 Å². The zero-order chi connectivity index (χ0) is 19.9. The van der Waals surface area contributed by atoms with Gasteiger partial charge in [0, 0.05) is 26.7 Å². The molecule has 1 unspecified atom stereocenters. The minimum absolute atomic E-state index is 0.0578. The third kappa shape index (κ3) is 5.34. The van der Waals surface area contributed by atoms with E-state index in [1.807, 2.05) is 67.2 Å². The van der Waals surface area contributed by atoms with Crippen LogP contribution in [0.5, 0.6) is 11.6 Å². The standard InChI is InChI=1S/C21H28N4O3/c1-4-27-17-9-7-16(8-10-17)14-21(26)25-13-5-6-18(15-25)28-20-12-11-19(22-23-20)24(2)3/h7-12,18H,4-6,13-15H2,1-3H3. The van der Waals surface area contributed by atoms with Crippen LogP contribution in [-0.4, -0.2) is 60.9 Å². The van der Waals surface area contributed by atoms with Crippen LogP contribution in [0, 0.1) is 0 Å². The molecule has 0 spiro atoms. The number of likely N-dealkylation sites (tertiary alicyclic amines) is 1. The average molecular weight is 384 g/mol. The molecule has 7 nitrogen and oxygen atoms in total. The highest BCUT2D eigenvalue weighted by Gasteiger charge is 2.25. The van der Waals surface area contributed by atoms with E-state index in [9.17, 15) is 4.79 Å². The molecule has 1 atom stereocenters. The van der Waals surface area contributed by atoms with Crippen LogP contribution in [0.3, 0.4) is 0 Å². The normalized spacial score (nSPS) is 16.5. The van der Waals surface area contributed by atoms with Gasteiger partial charge in [-0.2, -0.15) is 0 Å². The van der Waals surface area contributed by atoms with Gasteiger partial charge < -0.3 is 19.3 Å². The molecular weight excluding hydrogens is 356 g/mol. The van der Waals surface area contributed by atoms with E-state index in [0.29, 0.717) is 25.5 Å². The van der Waals surface area contributed by atoms with E-state index in [-0.39, 0.29) is 12.0 Å². The van der Waals surface area contributed by atoms with E-state index >= 15 is 0 Å². The number of nitrogens with zero attached hydrogens (tertiary/aromatic N) is 4. The lowest BCUT2D eigenvalue weighted by molar-refractivity contribution is -0.133. The fourth-order valence-electron chi connectivity index (χ4n) is 3.20. The first-order valence-corrected chi connectivity index (χ1v) is 9.72. The third-order valence-corrected chi connectivity index (χ3v) is 4.69. The van der Waals surface area contributed by atoms with Crippen molar-refractivity contribution in [3.63, 3.8) is 0 Å². The van der Waals surface area contributed by atoms with Gasteiger partial charge in [0.05, 0.1) is 19.6 Å². The number of hydrogen-bond acceptors (Lipinski definition) is 6. The van der Waals surface area contributed by atoms with Crippen molar-refractivity contribution in [2.75, 3.05) is 38.7 Å². The summed E-state index contributed by atoms with van der Waals surface area (Å²) < 4.78 is 11.4. The predicted octanol–water partition coefficient (Wildman–Crippen LogP) is 2.55. The molecule has 1 aromatic carbocycles. The van der Waals surface area contributed by atoms with Gasteiger partial charge in [0.15, 0.2) is 5.82 Å². The van der Waals surface area contributed by atoms with Crippen molar-refractivity contribution in [2.45, 2.75) is 32.3 Å². The van der Waals surface area contributed by atoms with Gasteiger partial charge >= 0.3 is 0 Å². The Kier molecular flexibility index (Phi) is 6.68. The highest BCUT2D eigenvalue weighted by Crippen LogP contribution is 2.19. The second-order valence-corrected chi connectivity index (χ2v) is 7.10. The first-order valence-electron chi connectivity index (χ1n) is 9.72. The molecule has 1 aromatic heterocycles. The Morgan fingerprint density at radius 2 is 1.96 bits per heavy atom. The third-order valence-electron chi connectivity index (χ3n) is 4.69. The molecule has 7 heteroatoms. The Labute approximate surface area is 166 Å². The molecule has 0 radical (unpaired) electrons. The van der Waals surface area contributed by atoms with Crippen molar-refractivity contribution in [1.29, 1.82) is 0 Å². The first-order chi connectivity index (χ1) is 13.5. The van der Waals surface area contributed by atoms with Crippen LogP contribution in [0.2, 0.25) is 0 Å². The minimum atomic E-state index is -0.0578. The molecule has 0 bridgehead atoms. The molecule has 3 rings (SSSR count). The van der Waals surface area contributed by atoms with Crippen LogP contribution >= 0.6 is 0 Å². The van der Waals surface area contributed by atoms with Crippen LogP contribution in [0.1, 0.15) is 25.3 Å². The topological polar surface area (TPSA) is 67.8 Å². The maximum atomic E-state index is 12.7. The Morgan fingerprint density at radius 1 is 1.18 bits per heavy atom. The lowest BCUT2D eigenvalue weighted by atomic mass is 10.1. The van der Waals surface area contributed by atoms with E-state index < -0.39 is 0 Å². The van der Waals surface area contributed by atoms with E-state index in [0.717, 1.165) is 36.5 Å². The summed E-state index contributed by atoms with van der Waals surface area (Å²) in [5, 5.41) is 8.26. The van der Waals surface area contributed by atoms with E-state index in [2.05, 4.69) is 10.2 Å². The Morgan fingerprint density at radius 3 is 2.61 bits per heavy atom. The number of benzene rings is 1. The highest BCUT2D eigenvalue weighted by atomic mass is 16.5. The summed E-state index contributed by atoms with van der Waals surface area (Å²) in [4.78, 5) is 16.5. The summed E-state index contributed by atoms with van der Waals surface area (Å²) in [6, 6.07) is 11.4. The van der Waals surface area contributed by atoms with Gasteiger partial charge in [-0.25, -0.2) is 0 Å². The van der Waals surface area contributed by atoms with Gasteiger partial charge in [-0.3, -0.25) is 4.79 Å². The number of hydrogen-bond donors (Lipinski definition) is 0. The van der Waals surface area contributed by atoms with Crippen LogP contribution in [-0.2, 0) is 11.2 Å². The molecule has 1 fully saturated rings. The lowest BCUT2D eigenvalue weighted by Gasteiger charge is -2.32. The van der Waals surface area contributed by atoms with E-state index in [1.165, 1.54) is 0 Å². The van der Waals surface area contributed by atoms with Crippen molar-refractivity contribution >= 4 is 11.7 Å². The molecule has 1 amide bonds. The number of amides is 1. The Bertz CT molecular complexity index is 762. The fourth-order valence-corrected chi connectivity index (χ4v) is 3.20. The van der Waals surface area contributed by atoms with Crippen molar-refractivity contribution < 1.29 is 14.3 Å². The minimum Gasteiger partial charge on any atom is -0.494 e. The zero-order valence-corrected chi connectivity index (χ0v) is 16.8. The quantitative estimate of drug-likeness (QED) is 0.731. The summed E-state index contributed by atoms with van der Waals surface area (Å²) in [6.45, 7) is 3.93. The Balaban J connectivity index is 1.54. The number of rotatable bonds is 7. The van der Waals surface area contributed by atoms with Crippen molar-refractivity contribution in [2.24, 2.45) is 0 Å². The monoisotopic (exact) mass is 384 g/mol. The van der Waals surface area contributed by atoms with Crippen molar-refractivity contribution in [1.82, 2.24) is 15.1 Å². The second-order valence-electron chi connectivity index (χ2n) is 7.10. The molecule has 0 saturated carbocycles. The number of aromatic nitrogens is 2. The molecule has 1 aliphatic rings. The second kappa shape index (κ2) is 9.39. The van der Waals surface area contributed by atoms with Crippen LogP contribution in [0.25, 0.3) is 0 Å². The van der Waals surface area contributed by atoms with Gasteiger partial charge in [-0.1, -0.05) is 12.1 Å². The molecule has 2 aromatic rings. The summed E-state index contributed by atoms with van der Waals surface area (Å²) in [5.74, 6) is 2.22. The smallest absolute Gasteiger partial charge is 0.233 e. The van der Waals surface area contributed by atoms with E-state index in [1.54, 1.807) is 0 Å². The van der Waals surface area contributed by atoms with Gasteiger partial charge in [0.25, 0.3) is 0 Å². The summed E-state index contributed by atoms with van der Waals surface area (Å²) in [7, 11) is 3.83.